The Balaban J connectivity index is 0.000000134. The third-order valence-electron chi connectivity index (χ3n) is 5.85. The Morgan fingerprint density at radius 1 is 0.529 bits per heavy atom. The van der Waals surface area contributed by atoms with Gasteiger partial charge in [-0.3, -0.25) is 0 Å². The Labute approximate surface area is 217 Å². The van der Waals surface area contributed by atoms with Crippen molar-refractivity contribution in [2.45, 2.75) is 13.8 Å². The second-order valence-electron chi connectivity index (χ2n) is 8.29. The average Bonchev–Trinajstić information content (AvgIpc) is 3.58. The molecule has 0 heterocycles. The molecule has 0 unspecified atom stereocenters. The molecule has 0 amide bonds. The van der Waals surface area contributed by atoms with E-state index in [0.717, 1.165) is 0 Å². The molecule has 6 rings (SSSR count). The molecule has 34 heavy (non-hydrogen) atoms. The summed E-state index contributed by atoms with van der Waals surface area (Å²) in [6.45, 7) is 4.38. The number of rotatable bonds is 2. The van der Waals surface area contributed by atoms with Gasteiger partial charge in [-0.1, -0.05) is 35.4 Å². The van der Waals surface area contributed by atoms with Crippen molar-refractivity contribution in [3.05, 3.63) is 156 Å². The van der Waals surface area contributed by atoms with Crippen molar-refractivity contribution in [2.75, 3.05) is 0 Å². The van der Waals surface area contributed by atoms with Gasteiger partial charge in [0.1, 0.15) is 0 Å². The molecule has 6 aromatic rings. The molecule has 0 saturated heterocycles. The molecule has 0 aromatic heterocycles. The maximum absolute atomic E-state index is 2.28. The van der Waals surface area contributed by atoms with Crippen LogP contribution in [0.15, 0.2) is 133 Å². The van der Waals surface area contributed by atoms with Gasteiger partial charge in [0, 0.05) is 0 Å². The zero-order valence-electron chi connectivity index (χ0n) is 19.7. The van der Waals surface area contributed by atoms with Crippen LogP contribution in [0.4, 0.5) is 0 Å². The zero-order chi connectivity index (χ0) is 23.8. The van der Waals surface area contributed by atoms with E-state index in [0.29, 0.717) is 0 Å². The molecular formula is C33H28Zr. The van der Waals surface area contributed by atoms with E-state index in [1.807, 2.05) is 30.3 Å². The first-order valence-electron chi connectivity index (χ1n) is 11.6. The van der Waals surface area contributed by atoms with Crippen LogP contribution in [0.2, 0.25) is 0 Å². The second kappa shape index (κ2) is 11.8. The van der Waals surface area contributed by atoms with Gasteiger partial charge >= 0.3 is 99.2 Å². The smallest absolute Gasteiger partial charge is 0.172 e. The first-order valence-corrected chi connectivity index (χ1v) is 12.8. The molecule has 0 N–H and O–H groups in total. The Hall–Kier alpha value is -3.15. The predicted molar refractivity (Wildman–Crippen MR) is 145 cm³/mol. The summed E-state index contributed by atoms with van der Waals surface area (Å²) >= 11 is 1.46. The van der Waals surface area contributed by atoms with Gasteiger partial charge in [-0.05, 0) is 13.8 Å². The maximum Gasteiger partial charge on any atom is -0.172 e. The fourth-order valence-corrected chi connectivity index (χ4v) is 4.99. The molecule has 164 valence electrons. The normalized spacial score (nSPS) is 10.2. The minimum Gasteiger partial charge on any atom is -0.214 e. The molecule has 0 aliphatic rings. The molecule has 0 nitrogen and oxygen atoms in total. The summed E-state index contributed by atoms with van der Waals surface area (Å²) in [4.78, 5) is 0. The number of benzene rings is 4. The van der Waals surface area contributed by atoms with Gasteiger partial charge < -0.3 is 0 Å². The van der Waals surface area contributed by atoms with Crippen molar-refractivity contribution in [3.63, 3.8) is 0 Å². The van der Waals surface area contributed by atoms with Crippen molar-refractivity contribution in [2.24, 2.45) is 0 Å². The molecule has 0 aliphatic carbocycles. The largest absolute Gasteiger partial charge is 0.214 e. The molecule has 0 atom stereocenters. The molecule has 0 aliphatic heterocycles. The van der Waals surface area contributed by atoms with Crippen molar-refractivity contribution in [1.29, 1.82) is 0 Å². The minimum absolute atomic E-state index is 1.33. The van der Waals surface area contributed by atoms with E-state index in [4.69, 9.17) is 0 Å². The van der Waals surface area contributed by atoms with Crippen molar-refractivity contribution >= 4 is 24.8 Å². The predicted octanol–water partition coefficient (Wildman–Crippen LogP) is 8.54. The van der Waals surface area contributed by atoms with Gasteiger partial charge in [-0.25, -0.2) is 12.1 Å². The fourth-order valence-electron chi connectivity index (χ4n) is 4.17. The van der Waals surface area contributed by atoms with Crippen LogP contribution in [-0.4, -0.2) is 3.21 Å². The Kier molecular flexibility index (Phi) is 8.34. The van der Waals surface area contributed by atoms with Gasteiger partial charge in [0.2, 0.25) is 0 Å². The van der Waals surface area contributed by atoms with Crippen LogP contribution in [0.3, 0.4) is 0 Å². The standard InChI is InChI=1S/C15H13.C13H10.C5H5.Zr/c1-10-5-3-7-12-9-13-8-4-6-11(2)15(13)14(10)12;1-3-7-12(8-4-1)11-13-9-5-2-6-10-13;1-2-4-5-3-1;/h3-9H,1-2H3;1-10H;1-5H;/q-1;;-1;+2. The van der Waals surface area contributed by atoms with E-state index >= 15 is 0 Å². The van der Waals surface area contributed by atoms with Crippen molar-refractivity contribution in [1.82, 2.24) is 0 Å². The summed E-state index contributed by atoms with van der Waals surface area (Å²) in [5.74, 6) is 0. The van der Waals surface area contributed by atoms with Gasteiger partial charge in [-0.2, -0.15) is 18.2 Å². The Morgan fingerprint density at radius 3 is 1.35 bits per heavy atom. The second-order valence-corrected chi connectivity index (χ2v) is 9.52. The van der Waals surface area contributed by atoms with Crippen molar-refractivity contribution in [3.8, 4) is 0 Å². The number of fused-ring (bicyclic) bond motifs is 3. The zero-order valence-corrected chi connectivity index (χ0v) is 22.2. The molecule has 0 saturated carbocycles. The molecule has 0 fully saturated rings. The molecule has 0 bridgehead atoms. The number of hydrogen-bond donors (Lipinski definition) is 0. The average molecular weight is 516 g/mol. The van der Waals surface area contributed by atoms with Crippen LogP contribution in [0.5, 0.6) is 0 Å². The van der Waals surface area contributed by atoms with Crippen LogP contribution < -0.4 is 0 Å². The molecule has 0 radical (unpaired) electrons. The van der Waals surface area contributed by atoms with Crippen LogP contribution in [0.1, 0.15) is 22.3 Å². The van der Waals surface area contributed by atoms with Crippen LogP contribution >= 0.6 is 0 Å². The summed E-state index contributed by atoms with van der Waals surface area (Å²) in [5, 5.41) is 5.56. The Morgan fingerprint density at radius 2 is 0.971 bits per heavy atom. The third kappa shape index (κ3) is 5.85. The van der Waals surface area contributed by atoms with Crippen LogP contribution in [0, 0.1) is 13.8 Å². The number of hydrogen-bond acceptors (Lipinski definition) is 0. The van der Waals surface area contributed by atoms with Gasteiger partial charge in [-0.15, -0.1) is 39.7 Å². The summed E-state index contributed by atoms with van der Waals surface area (Å²) in [6.07, 6.45) is 0. The van der Waals surface area contributed by atoms with Gasteiger partial charge in [0.15, 0.2) is 0 Å². The molecular weight excluding hydrogens is 488 g/mol. The number of aryl methyl sites for hydroxylation is 2. The monoisotopic (exact) mass is 514 g/mol. The summed E-state index contributed by atoms with van der Waals surface area (Å²) in [6, 6.07) is 46.4. The molecule has 6 aromatic carbocycles. The van der Waals surface area contributed by atoms with E-state index in [-0.39, 0.29) is 0 Å². The maximum atomic E-state index is 2.28. The summed E-state index contributed by atoms with van der Waals surface area (Å²) < 4.78 is 1.42. The Bertz CT molecular complexity index is 1340. The minimum atomic E-state index is 1.33. The molecule has 0 spiro atoms. The summed E-state index contributed by atoms with van der Waals surface area (Å²) in [5.41, 5.74) is 5.41. The van der Waals surface area contributed by atoms with E-state index in [9.17, 15) is 0 Å². The first kappa shape index (κ1) is 24.0. The molecule has 1 heteroatoms. The van der Waals surface area contributed by atoms with Gasteiger partial charge in [0.05, 0.1) is 0 Å². The van der Waals surface area contributed by atoms with Crippen LogP contribution in [0.25, 0.3) is 21.5 Å². The summed E-state index contributed by atoms with van der Waals surface area (Å²) in [7, 11) is 0. The van der Waals surface area contributed by atoms with Crippen LogP contribution in [-0.2, 0) is 24.2 Å². The van der Waals surface area contributed by atoms with E-state index in [1.54, 1.807) is 0 Å². The SMILES string of the molecule is Cc1cccc2[cH-]c3cccc(C)c3c12.[Zr+2]=[C](c1ccccc1)c1ccccc1.c1cc[cH-]c1. The quantitative estimate of drug-likeness (QED) is 0.203. The first-order chi connectivity index (χ1) is 16.6. The van der Waals surface area contributed by atoms with Gasteiger partial charge in [0.25, 0.3) is 0 Å². The van der Waals surface area contributed by atoms with Crippen molar-refractivity contribution < 1.29 is 24.2 Å². The third-order valence-corrected chi connectivity index (χ3v) is 7.27. The fraction of sp³-hybridized carbons (Fsp3) is 0.0606. The van der Waals surface area contributed by atoms with E-state index in [1.165, 1.54) is 71.2 Å². The topological polar surface area (TPSA) is 0 Å². The van der Waals surface area contributed by atoms with E-state index < -0.39 is 0 Å². The van der Waals surface area contributed by atoms with E-state index in [2.05, 4.69) is 117 Å².